The fraction of sp³-hybridized carbons (Fsp3) is 1.00. The maximum absolute atomic E-state index is 11.5. The van der Waals surface area contributed by atoms with Crippen LogP contribution in [-0.4, -0.2) is 24.8 Å². The molecule has 0 radical (unpaired) electrons. The van der Waals surface area contributed by atoms with Gasteiger partial charge in [0.05, 0.1) is 11.0 Å². The molecule has 0 heterocycles. The van der Waals surface area contributed by atoms with Gasteiger partial charge < -0.3 is 0 Å². The van der Waals surface area contributed by atoms with Gasteiger partial charge in [-0.2, -0.15) is 0 Å². The molecule has 1 aliphatic rings. The molecule has 0 N–H and O–H groups in total. The van der Waals surface area contributed by atoms with Crippen LogP contribution in [0.2, 0.25) is 0 Å². The van der Waals surface area contributed by atoms with E-state index in [4.69, 9.17) is 11.6 Å². The van der Waals surface area contributed by atoms with E-state index in [2.05, 4.69) is 0 Å². The summed E-state index contributed by atoms with van der Waals surface area (Å²) in [6.45, 7) is 3.49. The quantitative estimate of drug-likeness (QED) is 0.706. The van der Waals surface area contributed by atoms with Crippen LogP contribution in [0.5, 0.6) is 0 Å². The van der Waals surface area contributed by atoms with Crippen molar-refractivity contribution in [1.29, 1.82) is 0 Å². The first-order chi connectivity index (χ1) is 6.42. The van der Waals surface area contributed by atoms with E-state index in [-0.39, 0.29) is 10.6 Å². The molecule has 0 aromatic heterocycles. The monoisotopic (exact) mass is 238 g/mol. The Morgan fingerprint density at radius 3 is 2.43 bits per heavy atom. The van der Waals surface area contributed by atoms with Crippen LogP contribution in [0, 0.1) is 5.92 Å². The van der Waals surface area contributed by atoms with Gasteiger partial charge in [0.1, 0.15) is 0 Å². The molecule has 0 saturated heterocycles. The SMILES string of the molecule is CC(C)S(=O)(=O)CCC1CCC(Cl)C1. The first kappa shape index (κ1) is 12.3. The summed E-state index contributed by atoms with van der Waals surface area (Å²) >= 11 is 5.97. The highest BCUT2D eigenvalue weighted by molar-refractivity contribution is 7.91. The number of alkyl halides is 1. The second-order valence-corrected chi connectivity index (χ2v) is 7.77. The lowest BCUT2D eigenvalue weighted by molar-refractivity contribution is 0.519. The molecule has 0 spiro atoms. The van der Waals surface area contributed by atoms with Gasteiger partial charge in [-0.25, -0.2) is 8.42 Å². The van der Waals surface area contributed by atoms with Gasteiger partial charge in [0, 0.05) is 5.38 Å². The Morgan fingerprint density at radius 1 is 1.36 bits per heavy atom. The number of hydrogen-bond donors (Lipinski definition) is 0. The molecule has 1 saturated carbocycles. The van der Waals surface area contributed by atoms with Crippen LogP contribution in [0.4, 0.5) is 0 Å². The highest BCUT2D eigenvalue weighted by Gasteiger charge is 2.25. The molecule has 0 aliphatic heterocycles. The Hall–Kier alpha value is 0.240. The summed E-state index contributed by atoms with van der Waals surface area (Å²) < 4.78 is 23.1. The maximum atomic E-state index is 11.5. The summed E-state index contributed by atoms with van der Waals surface area (Å²) in [4.78, 5) is 0. The lowest BCUT2D eigenvalue weighted by atomic mass is 10.1. The summed E-state index contributed by atoms with van der Waals surface area (Å²) in [5, 5.41) is 0.0393. The normalized spacial score (nSPS) is 28.6. The molecule has 2 nitrogen and oxygen atoms in total. The largest absolute Gasteiger partial charge is 0.229 e. The third-order valence-electron chi connectivity index (χ3n) is 3.01. The average molecular weight is 239 g/mol. The topological polar surface area (TPSA) is 34.1 Å². The highest BCUT2D eigenvalue weighted by Crippen LogP contribution is 2.32. The summed E-state index contributed by atoms with van der Waals surface area (Å²) in [5.41, 5.74) is 0. The predicted octanol–water partition coefficient (Wildman–Crippen LogP) is 2.61. The van der Waals surface area contributed by atoms with Crippen molar-refractivity contribution < 1.29 is 8.42 Å². The Balaban J connectivity index is 2.34. The van der Waals surface area contributed by atoms with Gasteiger partial charge in [-0.3, -0.25) is 0 Å². The summed E-state index contributed by atoms with van der Waals surface area (Å²) in [6.07, 6.45) is 3.94. The van der Waals surface area contributed by atoms with Gasteiger partial charge >= 0.3 is 0 Å². The molecule has 2 atom stereocenters. The average Bonchev–Trinajstić information content (AvgIpc) is 2.48. The molecule has 0 amide bonds. The molecular weight excluding hydrogens is 220 g/mol. The van der Waals surface area contributed by atoms with E-state index in [0.717, 1.165) is 25.7 Å². The molecule has 2 unspecified atom stereocenters. The van der Waals surface area contributed by atoms with Gasteiger partial charge in [0.25, 0.3) is 0 Å². The lowest BCUT2D eigenvalue weighted by Crippen LogP contribution is -2.19. The first-order valence-corrected chi connectivity index (χ1v) is 7.42. The second kappa shape index (κ2) is 4.84. The molecule has 1 fully saturated rings. The fourth-order valence-corrected chi connectivity index (χ4v) is 3.35. The van der Waals surface area contributed by atoms with Crippen LogP contribution in [0.25, 0.3) is 0 Å². The van der Waals surface area contributed by atoms with E-state index < -0.39 is 9.84 Å². The molecule has 1 rings (SSSR count). The van der Waals surface area contributed by atoms with Crippen molar-refractivity contribution >= 4 is 21.4 Å². The predicted molar refractivity (Wildman–Crippen MR) is 60.5 cm³/mol. The standard InChI is InChI=1S/C10H19ClO2S/c1-8(2)14(12,13)6-5-9-3-4-10(11)7-9/h8-10H,3-7H2,1-2H3. The van der Waals surface area contributed by atoms with Gasteiger partial charge in [-0.15, -0.1) is 11.6 Å². The Morgan fingerprint density at radius 2 is 2.00 bits per heavy atom. The zero-order valence-electron chi connectivity index (χ0n) is 8.87. The molecule has 0 bridgehead atoms. The highest BCUT2D eigenvalue weighted by atomic mass is 35.5. The minimum Gasteiger partial charge on any atom is -0.229 e. The summed E-state index contributed by atoms with van der Waals surface area (Å²) in [5.74, 6) is 0.866. The number of halogens is 1. The zero-order chi connectivity index (χ0) is 10.8. The van der Waals surface area contributed by atoms with E-state index in [1.807, 2.05) is 0 Å². The van der Waals surface area contributed by atoms with Gasteiger partial charge in [0.15, 0.2) is 9.84 Å². The number of hydrogen-bond acceptors (Lipinski definition) is 2. The number of rotatable bonds is 4. The van der Waals surface area contributed by atoms with Gasteiger partial charge in [-0.1, -0.05) is 0 Å². The van der Waals surface area contributed by atoms with Gasteiger partial charge in [-0.05, 0) is 45.4 Å². The smallest absolute Gasteiger partial charge is 0.152 e. The van der Waals surface area contributed by atoms with Crippen molar-refractivity contribution in [1.82, 2.24) is 0 Å². The van der Waals surface area contributed by atoms with E-state index in [1.54, 1.807) is 13.8 Å². The van der Waals surface area contributed by atoms with Crippen molar-refractivity contribution in [2.24, 2.45) is 5.92 Å². The minimum atomic E-state index is -2.85. The zero-order valence-corrected chi connectivity index (χ0v) is 10.4. The van der Waals surface area contributed by atoms with Crippen LogP contribution < -0.4 is 0 Å². The molecule has 0 aromatic carbocycles. The van der Waals surface area contributed by atoms with E-state index in [0.29, 0.717) is 11.7 Å². The van der Waals surface area contributed by atoms with Crippen molar-refractivity contribution in [3.05, 3.63) is 0 Å². The third-order valence-corrected chi connectivity index (χ3v) is 5.64. The van der Waals surface area contributed by atoms with E-state index in [9.17, 15) is 8.42 Å². The van der Waals surface area contributed by atoms with Crippen LogP contribution in [0.1, 0.15) is 39.5 Å². The molecule has 1 aliphatic carbocycles. The van der Waals surface area contributed by atoms with Crippen molar-refractivity contribution in [3.8, 4) is 0 Å². The second-order valence-electron chi connectivity index (χ2n) is 4.48. The molecule has 4 heteroatoms. The molecule has 0 aromatic rings. The van der Waals surface area contributed by atoms with Crippen molar-refractivity contribution in [3.63, 3.8) is 0 Å². The molecule has 84 valence electrons. The van der Waals surface area contributed by atoms with Crippen LogP contribution >= 0.6 is 11.6 Å². The number of sulfone groups is 1. The Labute approximate surface area is 91.9 Å². The fourth-order valence-electron chi connectivity index (χ4n) is 1.84. The van der Waals surface area contributed by atoms with E-state index >= 15 is 0 Å². The maximum Gasteiger partial charge on any atom is 0.152 e. The molecular formula is C10H19ClO2S. The Bertz CT molecular complexity index is 272. The van der Waals surface area contributed by atoms with E-state index in [1.165, 1.54) is 0 Å². The van der Waals surface area contributed by atoms with Crippen molar-refractivity contribution in [2.45, 2.75) is 50.2 Å². The summed E-state index contributed by atoms with van der Waals surface area (Å²) in [6, 6.07) is 0. The van der Waals surface area contributed by atoms with Crippen LogP contribution in [0.3, 0.4) is 0 Å². The van der Waals surface area contributed by atoms with Gasteiger partial charge in [0.2, 0.25) is 0 Å². The summed E-state index contributed by atoms with van der Waals surface area (Å²) in [7, 11) is -2.85. The Kier molecular flexibility index (Phi) is 4.26. The minimum absolute atomic E-state index is 0.240. The lowest BCUT2D eigenvalue weighted by Gasteiger charge is -2.11. The van der Waals surface area contributed by atoms with Crippen LogP contribution in [-0.2, 0) is 9.84 Å². The van der Waals surface area contributed by atoms with Crippen molar-refractivity contribution in [2.75, 3.05) is 5.75 Å². The third kappa shape index (κ3) is 3.43. The van der Waals surface area contributed by atoms with Crippen LogP contribution in [0.15, 0.2) is 0 Å². The molecule has 14 heavy (non-hydrogen) atoms. The first-order valence-electron chi connectivity index (χ1n) is 5.27.